The van der Waals surface area contributed by atoms with Crippen LogP contribution < -0.4 is 71.1 Å². The summed E-state index contributed by atoms with van der Waals surface area (Å²) < 4.78 is 120. The van der Waals surface area contributed by atoms with E-state index in [2.05, 4.69) is 0 Å². The molecule has 82 heavy (non-hydrogen) atoms. The summed E-state index contributed by atoms with van der Waals surface area (Å²) in [5.74, 6) is -5.00. The average Bonchev–Trinajstić information content (AvgIpc) is 3.61. The van der Waals surface area contributed by atoms with Gasteiger partial charge in [-0.3, -0.25) is 0 Å². The molecular formula is C56H62O26. The van der Waals surface area contributed by atoms with Crippen LogP contribution in [0.3, 0.4) is 0 Å². The van der Waals surface area contributed by atoms with Crippen molar-refractivity contribution in [3.63, 3.8) is 0 Å². The monoisotopic (exact) mass is 1150 g/mol. The zero-order valence-corrected chi connectivity index (χ0v) is 47.5. The van der Waals surface area contributed by atoms with Crippen molar-refractivity contribution in [3.05, 3.63) is 88.5 Å². The first-order valence-corrected chi connectivity index (χ1v) is 24.2. The Hall–Kier alpha value is -9.59. The van der Waals surface area contributed by atoms with Gasteiger partial charge in [-0.15, -0.1) is 0 Å². The van der Waals surface area contributed by atoms with Crippen molar-refractivity contribution in [1.29, 1.82) is 0 Å². The lowest BCUT2D eigenvalue weighted by atomic mass is 9.97. The zero-order valence-electron chi connectivity index (χ0n) is 47.5. The number of carbonyl (C=O) groups excluding carboxylic acids is 5. The highest BCUT2D eigenvalue weighted by atomic mass is 16.7. The second-order valence-corrected chi connectivity index (χ2v) is 16.7. The SMILES string of the molecule is COc1cc(C(=O)OC[C@H]2O[C@H](OC(=O)c3cc(OC)c(OC)c(OC)c3)[C@@H](OC(=O)c3cc(OC)c(OC)c(OC)c3)[C@@H](OC(=O)c3cc(OC)c(OC)c(OC)c3)[C@@H]2OC(=O)c2cc(OC)c(OC)c(OC)c2)cc(OC)c1OC. The van der Waals surface area contributed by atoms with Gasteiger partial charge < -0.3 is 99.5 Å². The van der Waals surface area contributed by atoms with E-state index < -0.39 is 67.2 Å². The number of benzene rings is 5. The summed E-state index contributed by atoms with van der Waals surface area (Å²) >= 11 is 0. The molecule has 0 saturated carbocycles. The van der Waals surface area contributed by atoms with Gasteiger partial charge in [-0.25, -0.2) is 24.0 Å². The maximum atomic E-state index is 15.0. The predicted molar refractivity (Wildman–Crippen MR) is 282 cm³/mol. The standard InChI is InChI=1S/C56H62O26/c1-62-32-16-27(17-33(63-2)43(32)72-11)51(57)77-26-42-48(79-52(58)28-18-34(64-3)44(73-12)35(19-28)65-4)49(80-53(59)29-20-36(66-5)45(74-13)37(21-29)67-6)50(81-54(60)30-22-38(68-7)46(75-14)39(23-30)69-8)56(78-42)82-55(61)31-24-40(70-9)47(76-15)41(25-31)71-10/h16-25,42,48-50,56H,26H2,1-15H3/t42-,48-,49+,50+,56-/m1/s1. The number of esters is 5. The molecule has 26 nitrogen and oxygen atoms in total. The van der Waals surface area contributed by atoms with Crippen molar-refractivity contribution < 1.29 is 123 Å². The molecule has 442 valence electrons. The minimum atomic E-state index is -2.18. The van der Waals surface area contributed by atoms with E-state index in [9.17, 15) is 24.0 Å². The molecular weight excluding hydrogens is 1090 g/mol. The Morgan fingerprint density at radius 2 is 0.512 bits per heavy atom. The highest BCUT2D eigenvalue weighted by molar-refractivity contribution is 5.95. The van der Waals surface area contributed by atoms with Crippen LogP contribution in [0.15, 0.2) is 60.7 Å². The van der Waals surface area contributed by atoms with E-state index in [1.807, 2.05) is 0 Å². The van der Waals surface area contributed by atoms with E-state index in [0.717, 1.165) is 0 Å². The van der Waals surface area contributed by atoms with Crippen molar-refractivity contribution >= 4 is 29.8 Å². The van der Waals surface area contributed by atoms with E-state index >= 15 is 0 Å². The Balaban J connectivity index is 1.62. The van der Waals surface area contributed by atoms with Crippen molar-refractivity contribution in [1.82, 2.24) is 0 Å². The Labute approximate surface area is 470 Å². The Bertz CT molecular complexity index is 2990. The molecule has 1 aliphatic heterocycles. The van der Waals surface area contributed by atoms with Crippen LogP contribution in [-0.2, 0) is 28.4 Å². The minimum absolute atomic E-state index is 0.00488. The Kier molecular flexibility index (Phi) is 21.1. The van der Waals surface area contributed by atoms with Crippen molar-refractivity contribution in [2.24, 2.45) is 0 Å². The lowest BCUT2D eigenvalue weighted by molar-refractivity contribution is -0.282. The normalized spacial score (nSPS) is 16.1. The second-order valence-electron chi connectivity index (χ2n) is 16.7. The van der Waals surface area contributed by atoms with Crippen LogP contribution in [-0.4, -0.2) is 174 Å². The third-order valence-corrected chi connectivity index (χ3v) is 12.4. The Morgan fingerprint density at radius 1 is 0.293 bits per heavy atom. The molecule has 0 spiro atoms. The fourth-order valence-electron chi connectivity index (χ4n) is 8.49. The third-order valence-electron chi connectivity index (χ3n) is 12.4. The van der Waals surface area contributed by atoms with Crippen LogP contribution in [0.2, 0.25) is 0 Å². The molecule has 0 bridgehead atoms. The molecule has 0 aromatic heterocycles. The van der Waals surface area contributed by atoms with Gasteiger partial charge in [0.15, 0.2) is 69.7 Å². The molecule has 1 heterocycles. The molecule has 5 aromatic carbocycles. The highest BCUT2D eigenvalue weighted by Crippen LogP contribution is 2.44. The third kappa shape index (κ3) is 13.0. The fraction of sp³-hybridized carbons (Fsp3) is 0.375. The number of ether oxygens (including phenoxy) is 21. The molecule has 6 rings (SSSR count). The van der Waals surface area contributed by atoms with E-state index in [1.54, 1.807) is 0 Å². The van der Waals surface area contributed by atoms with Crippen LogP contribution in [0.4, 0.5) is 0 Å². The second kappa shape index (κ2) is 28.0. The van der Waals surface area contributed by atoms with Gasteiger partial charge >= 0.3 is 29.8 Å². The first kappa shape index (κ1) is 61.6. The summed E-state index contributed by atoms with van der Waals surface area (Å²) in [5.41, 5.74) is -1.13. The molecule has 26 heteroatoms. The van der Waals surface area contributed by atoms with Gasteiger partial charge in [0.25, 0.3) is 0 Å². The molecule has 1 aliphatic rings. The summed E-state index contributed by atoms with van der Waals surface area (Å²) in [7, 11) is 19.9. The Morgan fingerprint density at radius 3 is 0.756 bits per heavy atom. The molecule has 1 saturated heterocycles. The largest absolute Gasteiger partial charge is 0.493 e. The van der Waals surface area contributed by atoms with Gasteiger partial charge in [0.05, 0.1) is 134 Å². The summed E-state index contributed by atoms with van der Waals surface area (Å²) in [6.07, 6.45) is -10.3. The molecule has 0 N–H and O–H groups in total. The van der Waals surface area contributed by atoms with E-state index in [0.29, 0.717) is 0 Å². The quantitative estimate of drug-likeness (QED) is 0.0438. The summed E-state index contributed by atoms with van der Waals surface area (Å²) in [4.78, 5) is 73.5. The molecule has 5 atom stereocenters. The lowest BCUT2D eigenvalue weighted by Crippen LogP contribution is -2.63. The van der Waals surface area contributed by atoms with Gasteiger partial charge in [0.1, 0.15) is 12.7 Å². The summed E-state index contributed by atoms with van der Waals surface area (Å²) in [5, 5.41) is 0. The predicted octanol–water partition coefficient (Wildman–Crippen LogP) is 6.23. The number of hydrogen-bond acceptors (Lipinski definition) is 26. The van der Waals surface area contributed by atoms with E-state index in [1.165, 1.54) is 167 Å². The lowest BCUT2D eigenvalue weighted by Gasteiger charge is -2.44. The number of methoxy groups -OCH3 is 15. The van der Waals surface area contributed by atoms with Crippen LogP contribution in [0, 0.1) is 0 Å². The first-order valence-electron chi connectivity index (χ1n) is 24.2. The van der Waals surface area contributed by atoms with Crippen LogP contribution >= 0.6 is 0 Å². The molecule has 5 aromatic rings. The van der Waals surface area contributed by atoms with Gasteiger partial charge in [-0.1, -0.05) is 0 Å². The van der Waals surface area contributed by atoms with Crippen molar-refractivity contribution in [3.8, 4) is 86.2 Å². The van der Waals surface area contributed by atoms with Crippen molar-refractivity contribution in [2.75, 3.05) is 113 Å². The number of carbonyl (C=O) groups is 5. The average molecular weight is 1150 g/mol. The molecule has 0 radical (unpaired) electrons. The smallest absolute Gasteiger partial charge is 0.340 e. The fourth-order valence-corrected chi connectivity index (χ4v) is 8.49. The minimum Gasteiger partial charge on any atom is -0.493 e. The van der Waals surface area contributed by atoms with Gasteiger partial charge in [-0.05, 0) is 60.7 Å². The number of rotatable bonds is 26. The van der Waals surface area contributed by atoms with Gasteiger partial charge in [0.2, 0.25) is 41.1 Å². The van der Waals surface area contributed by atoms with Gasteiger partial charge in [0, 0.05) is 0 Å². The maximum Gasteiger partial charge on any atom is 0.340 e. The first-order chi connectivity index (χ1) is 39.5. The molecule has 0 unspecified atom stereocenters. The zero-order chi connectivity index (χ0) is 59.9. The highest BCUT2D eigenvalue weighted by Gasteiger charge is 2.55. The molecule has 0 amide bonds. The molecule has 1 fully saturated rings. The maximum absolute atomic E-state index is 15.0. The summed E-state index contributed by atoms with van der Waals surface area (Å²) in [6.45, 7) is -0.896. The topological polar surface area (TPSA) is 279 Å². The number of hydrogen-bond donors (Lipinski definition) is 0. The summed E-state index contributed by atoms with van der Waals surface area (Å²) in [6, 6.07) is 12.6. The van der Waals surface area contributed by atoms with Crippen LogP contribution in [0.25, 0.3) is 0 Å². The van der Waals surface area contributed by atoms with Crippen LogP contribution in [0.1, 0.15) is 51.8 Å². The van der Waals surface area contributed by atoms with Gasteiger partial charge in [-0.2, -0.15) is 0 Å². The van der Waals surface area contributed by atoms with Crippen LogP contribution in [0.5, 0.6) is 86.2 Å². The van der Waals surface area contributed by atoms with E-state index in [-0.39, 0.29) is 114 Å². The molecule has 0 aliphatic carbocycles. The van der Waals surface area contributed by atoms with Crippen molar-refractivity contribution in [2.45, 2.75) is 30.7 Å². The van der Waals surface area contributed by atoms with E-state index in [4.69, 9.17) is 99.5 Å².